The van der Waals surface area contributed by atoms with Crippen LogP contribution in [0.25, 0.3) is 0 Å². The molecule has 0 fully saturated rings. The molecular formula is C16H16FNO3. The normalized spacial score (nSPS) is 10.4. The van der Waals surface area contributed by atoms with Crippen LogP contribution in [0, 0.1) is 5.82 Å². The van der Waals surface area contributed by atoms with Crippen LogP contribution in [-0.2, 0) is 11.2 Å². The van der Waals surface area contributed by atoms with Crippen LogP contribution in [-0.4, -0.2) is 24.7 Å². The minimum atomic E-state index is -0.578. The van der Waals surface area contributed by atoms with Crippen LogP contribution in [0.3, 0.4) is 0 Å². The number of phenols is 1. The molecule has 2 aromatic rings. The highest BCUT2D eigenvalue weighted by Gasteiger charge is 2.13. The Morgan fingerprint density at radius 1 is 1.29 bits per heavy atom. The molecule has 0 aliphatic rings. The molecule has 0 aliphatic heterocycles. The monoisotopic (exact) mass is 289 g/mol. The number of amides is 1. The van der Waals surface area contributed by atoms with E-state index in [9.17, 15) is 14.3 Å². The van der Waals surface area contributed by atoms with Crippen LogP contribution in [0.5, 0.6) is 5.75 Å². The van der Waals surface area contributed by atoms with Crippen molar-refractivity contribution < 1.29 is 19.0 Å². The van der Waals surface area contributed by atoms with E-state index in [0.717, 1.165) is 23.8 Å². The van der Waals surface area contributed by atoms with E-state index in [-0.39, 0.29) is 11.3 Å². The molecule has 0 heterocycles. The number of rotatable bonds is 5. The van der Waals surface area contributed by atoms with Crippen LogP contribution >= 0.6 is 0 Å². The zero-order chi connectivity index (χ0) is 15.2. The maximum atomic E-state index is 13.2. The van der Waals surface area contributed by atoms with E-state index < -0.39 is 11.7 Å². The van der Waals surface area contributed by atoms with Gasteiger partial charge in [-0.15, -0.1) is 0 Å². The molecule has 2 aromatic carbocycles. The van der Waals surface area contributed by atoms with Crippen LogP contribution in [0.2, 0.25) is 0 Å². The summed E-state index contributed by atoms with van der Waals surface area (Å²) in [7, 11) is 1.60. The van der Waals surface area contributed by atoms with Crippen molar-refractivity contribution >= 4 is 11.6 Å². The lowest BCUT2D eigenvalue weighted by atomic mass is 10.1. The summed E-state index contributed by atoms with van der Waals surface area (Å²) in [6, 6.07) is 10.5. The molecule has 0 bridgehead atoms. The molecule has 0 aliphatic carbocycles. The fourth-order valence-electron chi connectivity index (χ4n) is 1.95. The SMILES string of the molecule is COCCc1ccccc1NC(=O)c1cc(F)ccc1O. The number of aromatic hydroxyl groups is 1. The number of carbonyl (C=O) groups is 1. The van der Waals surface area contributed by atoms with E-state index in [2.05, 4.69) is 5.32 Å². The molecule has 4 nitrogen and oxygen atoms in total. The fourth-order valence-corrected chi connectivity index (χ4v) is 1.95. The smallest absolute Gasteiger partial charge is 0.259 e. The van der Waals surface area contributed by atoms with Gasteiger partial charge in [-0.25, -0.2) is 4.39 Å². The molecule has 110 valence electrons. The Hall–Kier alpha value is -2.40. The molecule has 0 unspecified atom stereocenters. The molecule has 2 rings (SSSR count). The van der Waals surface area contributed by atoms with Crippen molar-refractivity contribution in [2.75, 3.05) is 19.0 Å². The minimum absolute atomic E-state index is 0.100. The molecule has 0 spiro atoms. The van der Waals surface area contributed by atoms with Gasteiger partial charge in [0.05, 0.1) is 12.2 Å². The highest BCUT2D eigenvalue weighted by Crippen LogP contribution is 2.21. The van der Waals surface area contributed by atoms with Crippen LogP contribution in [0.15, 0.2) is 42.5 Å². The third-order valence-electron chi connectivity index (χ3n) is 3.04. The van der Waals surface area contributed by atoms with E-state index >= 15 is 0 Å². The summed E-state index contributed by atoms with van der Waals surface area (Å²) in [5.74, 6) is -1.40. The molecular weight excluding hydrogens is 273 g/mol. The maximum Gasteiger partial charge on any atom is 0.259 e. The van der Waals surface area contributed by atoms with Crippen LogP contribution in [0.1, 0.15) is 15.9 Å². The lowest BCUT2D eigenvalue weighted by Crippen LogP contribution is -2.14. The molecule has 21 heavy (non-hydrogen) atoms. The van der Waals surface area contributed by atoms with Gasteiger partial charge in [0, 0.05) is 12.8 Å². The number of hydrogen-bond acceptors (Lipinski definition) is 3. The summed E-state index contributed by atoms with van der Waals surface area (Å²) in [6.45, 7) is 0.526. The number of para-hydroxylation sites is 1. The zero-order valence-corrected chi connectivity index (χ0v) is 11.6. The van der Waals surface area contributed by atoms with Gasteiger partial charge in [-0.05, 0) is 36.2 Å². The summed E-state index contributed by atoms with van der Waals surface area (Å²) in [5.41, 5.74) is 1.42. The first-order valence-corrected chi connectivity index (χ1v) is 6.48. The van der Waals surface area contributed by atoms with E-state index in [4.69, 9.17) is 4.74 Å². The molecule has 0 saturated heterocycles. The fraction of sp³-hybridized carbons (Fsp3) is 0.188. The van der Waals surface area contributed by atoms with Crippen molar-refractivity contribution in [3.63, 3.8) is 0 Å². The van der Waals surface area contributed by atoms with Gasteiger partial charge < -0.3 is 15.2 Å². The number of ether oxygens (including phenoxy) is 1. The van der Waals surface area contributed by atoms with Crippen LogP contribution in [0.4, 0.5) is 10.1 Å². The summed E-state index contributed by atoms with van der Waals surface area (Å²) in [5, 5.41) is 12.3. The Labute approximate surface area is 122 Å². The third kappa shape index (κ3) is 3.79. The van der Waals surface area contributed by atoms with Crippen molar-refractivity contribution in [1.82, 2.24) is 0 Å². The number of nitrogens with one attached hydrogen (secondary N) is 1. The van der Waals surface area contributed by atoms with Gasteiger partial charge >= 0.3 is 0 Å². The number of halogens is 1. The number of phenolic OH excluding ortho intramolecular Hbond substituents is 1. The predicted molar refractivity (Wildman–Crippen MR) is 78.0 cm³/mol. The first-order chi connectivity index (χ1) is 10.1. The highest BCUT2D eigenvalue weighted by molar-refractivity contribution is 6.06. The van der Waals surface area contributed by atoms with Crippen molar-refractivity contribution in [3.05, 3.63) is 59.4 Å². The molecule has 2 N–H and O–H groups in total. The van der Waals surface area contributed by atoms with Gasteiger partial charge in [-0.3, -0.25) is 4.79 Å². The van der Waals surface area contributed by atoms with E-state index in [1.54, 1.807) is 19.2 Å². The van der Waals surface area contributed by atoms with Gasteiger partial charge in [-0.1, -0.05) is 18.2 Å². The van der Waals surface area contributed by atoms with E-state index in [1.807, 2.05) is 12.1 Å². The Bertz CT molecular complexity index is 643. The number of benzene rings is 2. The molecule has 5 heteroatoms. The van der Waals surface area contributed by atoms with Crippen LogP contribution < -0.4 is 5.32 Å². The van der Waals surface area contributed by atoms with Crippen molar-refractivity contribution in [3.8, 4) is 5.75 Å². The van der Waals surface area contributed by atoms with Crippen molar-refractivity contribution in [1.29, 1.82) is 0 Å². The number of anilines is 1. The van der Waals surface area contributed by atoms with E-state index in [1.165, 1.54) is 0 Å². The first kappa shape index (κ1) is 15.0. The van der Waals surface area contributed by atoms with Gasteiger partial charge in [-0.2, -0.15) is 0 Å². The molecule has 0 atom stereocenters. The average molecular weight is 289 g/mol. The highest BCUT2D eigenvalue weighted by atomic mass is 19.1. The average Bonchev–Trinajstić information content (AvgIpc) is 2.48. The molecule has 0 radical (unpaired) electrons. The quantitative estimate of drug-likeness (QED) is 0.889. The summed E-state index contributed by atoms with van der Waals surface area (Å²) in [4.78, 5) is 12.1. The molecule has 1 amide bonds. The number of hydrogen-bond donors (Lipinski definition) is 2. The largest absolute Gasteiger partial charge is 0.507 e. The maximum absolute atomic E-state index is 13.2. The van der Waals surface area contributed by atoms with Gasteiger partial charge in [0.2, 0.25) is 0 Å². The third-order valence-corrected chi connectivity index (χ3v) is 3.04. The second kappa shape index (κ2) is 6.85. The summed E-state index contributed by atoms with van der Waals surface area (Å²) in [6.07, 6.45) is 0.641. The lowest BCUT2D eigenvalue weighted by molar-refractivity contribution is 0.102. The lowest BCUT2D eigenvalue weighted by Gasteiger charge is -2.11. The topological polar surface area (TPSA) is 58.6 Å². The Morgan fingerprint density at radius 3 is 2.81 bits per heavy atom. The Balaban J connectivity index is 2.21. The standard InChI is InChI=1S/C16H16FNO3/c1-21-9-8-11-4-2-3-5-14(11)18-16(20)13-10-12(17)6-7-15(13)19/h2-7,10,19H,8-9H2,1H3,(H,18,20). The van der Waals surface area contributed by atoms with Gasteiger partial charge in [0.15, 0.2) is 0 Å². The second-order valence-electron chi connectivity index (χ2n) is 4.52. The van der Waals surface area contributed by atoms with Crippen molar-refractivity contribution in [2.24, 2.45) is 0 Å². The summed E-state index contributed by atoms with van der Waals surface area (Å²) >= 11 is 0. The second-order valence-corrected chi connectivity index (χ2v) is 4.52. The Morgan fingerprint density at radius 2 is 2.05 bits per heavy atom. The van der Waals surface area contributed by atoms with Gasteiger partial charge in [0.1, 0.15) is 11.6 Å². The Kier molecular flexibility index (Phi) is 4.90. The van der Waals surface area contributed by atoms with Gasteiger partial charge in [0.25, 0.3) is 5.91 Å². The van der Waals surface area contributed by atoms with Crippen molar-refractivity contribution in [2.45, 2.75) is 6.42 Å². The summed E-state index contributed by atoms with van der Waals surface area (Å²) < 4.78 is 18.2. The molecule has 0 saturated carbocycles. The number of carbonyl (C=O) groups excluding carboxylic acids is 1. The predicted octanol–water partition coefficient (Wildman–Crippen LogP) is 2.97. The first-order valence-electron chi connectivity index (χ1n) is 6.48. The zero-order valence-electron chi connectivity index (χ0n) is 11.6. The minimum Gasteiger partial charge on any atom is -0.507 e. The van der Waals surface area contributed by atoms with E-state index in [0.29, 0.717) is 18.7 Å². The molecule has 0 aromatic heterocycles. The number of methoxy groups -OCH3 is 1.